The van der Waals surface area contributed by atoms with E-state index in [1.807, 2.05) is 11.8 Å². The number of carbonyl (C=O) groups is 1. The van der Waals surface area contributed by atoms with E-state index in [-0.39, 0.29) is 24.4 Å². The predicted molar refractivity (Wildman–Crippen MR) is 66.7 cm³/mol. The highest BCUT2D eigenvalue weighted by atomic mass is 35.5. The normalized spacial score (nSPS) is 22.4. The summed E-state index contributed by atoms with van der Waals surface area (Å²) in [6, 6.07) is -0.379. The van der Waals surface area contributed by atoms with Crippen LogP contribution in [0.2, 0.25) is 0 Å². The Hall–Kier alpha value is -0.320. The third kappa shape index (κ3) is 4.68. The minimum atomic E-state index is -0.379. The first kappa shape index (κ1) is 15.7. The molecule has 0 bridgehead atoms. The number of likely N-dealkylation sites (tertiary alicyclic amines) is 1. The van der Waals surface area contributed by atoms with Crippen molar-refractivity contribution in [1.82, 2.24) is 4.90 Å². The second-order valence-electron chi connectivity index (χ2n) is 4.24. The molecule has 0 spiro atoms. The number of nitrogens with two attached hydrogens (primary N) is 1. The fourth-order valence-electron chi connectivity index (χ4n) is 1.97. The summed E-state index contributed by atoms with van der Waals surface area (Å²) in [6.07, 6.45) is 2.22. The fourth-order valence-corrected chi connectivity index (χ4v) is 1.97. The lowest BCUT2D eigenvalue weighted by Gasteiger charge is -2.33. The number of ether oxygens (including phenoxy) is 1. The Balaban J connectivity index is 0.00000225. The van der Waals surface area contributed by atoms with Crippen LogP contribution in [0.3, 0.4) is 0 Å². The Morgan fingerprint density at radius 1 is 1.62 bits per heavy atom. The fraction of sp³-hybridized carbons (Fsp3) is 0.909. The molecule has 1 aliphatic rings. The average molecular weight is 251 g/mol. The first-order valence-corrected chi connectivity index (χ1v) is 5.77. The summed E-state index contributed by atoms with van der Waals surface area (Å²) in [5.41, 5.74) is 5.59. The van der Waals surface area contributed by atoms with Gasteiger partial charge in [0, 0.05) is 19.7 Å². The highest BCUT2D eigenvalue weighted by Gasteiger charge is 2.25. The summed E-state index contributed by atoms with van der Waals surface area (Å²) in [5, 5.41) is 0. The summed E-state index contributed by atoms with van der Waals surface area (Å²) in [5.74, 6) is 0.553. The standard InChI is InChI=1S/C11H22N2O2.ClH/c1-3-15-8-10-5-4-6-13(7-10)11(14)9(2)12;/h9-10H,3-8,12H2,1-2H3;1H. The molecule has 1 rings (SSSR count). The smallest absolute Gasteiger partial charge is 0.239 e. The maximum Gasteiger partial charge on any atom is 0.239 e. The molecule has 1 fully saturated rings. The van der Waals surface area contributed by atoms with Crippen molar-refractivity contribution in [2.45, 2.75) is 32.7 Å². The van der Waals surface area contributed by atoms with E-state index >= 15 is 0 Å². The molecule has 1 amide bonds. The molecule has 1 saturated heterocycles. The van der Waals surface area contributed by atoms with Gasteiger partial charge in [-0.25, -0.2) is 0 Å². The number of rotatable bonds is 4. The van der Waals surface area contributed by atoms with Crippen LogP contribution in [0.5, 0.6) is 0 Å². The van der Waals surface area contributed by atoms with E-state index in [1.165, 1.54) is 0 Å². The lowest BCUT2D eigenvalue weighted by Crippen LogP contribution is -2.47. The molecule has 96 valence electrons. The second kappa shape index (κ2) is 7.87. The molecule has 5 heteroatoms. The molecule has 0 aromatic carbocycles. The molecule has 2 unspecified atom stereocenters. The average Bonchev–Trinajstić information content (AvgIpc) is 2.25. The van der Waals surface area contributed by atoms with Crippen LogP contribution in [0.1, 0.15) is 26.7 Å². The number of nitrogens with zero attached hydrogens (tertiary/aromatic N) is 1. The van der Waals surface area contributed by atoms with Gasteiger partial charge in [-0.05, 0) is 32.6 Å². The highest BCUT2D eigenvalue weighted by Crippen LogP contribution is 2.17. The van der Waals surface area contributed by atoms with Crippen LogP contribution in [0.4, 0.5) is 0 Å². The summed E-state index contributed by atoms with van der Waals surface area (Å²) < 4.78 is 5.39. The molecular weight excluding hydrogens is 228 g/mol. The molecule has 4 nitrogen and oxygen atoms in total. The first-order chi connectivity index (χ1) is 7.15. The molecule has 16 heavy (non-hydrogen) atoms. The summed E-state index contributed by atoms with van der Waals surface area (Å²) >= 11 is 0. The van der Waals surface area contributed by atoms with Crippen molar-refractivity contribution in [3.8, 4) is 0 Å². The van der Waals surface area contributed by atoms with Crippen LogP contribution in [0.25, 0.3) is 0 Å². The van der Waals surface area contributed by atoms with Crippen molar-refractivity contribution in [3.05, 3.63) is 0 Å². The summed E-state index contributed by atoms with van der Waals surface area (Å²) in [4.78, 5) is 13.6. The highest BCUT2D eigenvalue weighted by molar-refractivity contribution is 5.85. The van der Waals surface area contributed by atoms with Crippen LogP contribution < -0.4 is 5.73 Å². The van der Waals surface area contributed by atoms with Crippen molar-refractivity contribution in [1.29, 1.82) is 0 Å². The lowest BCUT2D eigenvalue weighted by molar-refractivity contribution is -0.134. The van der Waals surface area contributed by atoms with E-state index in [2.05, 4.69) is 0 Å². The SMILES string of the molecule is CCOCC1CCCN(C(=O)C(C)N)C1.Cl. The number of hydrogen-bond donors (Lipinski definition) is 1. The number of halogens is 1. The Morgan fingerprint density at radius 2 is 2.31 bits per heavy atom. The van der Waals surface area contributed by atoms with Crippen LogP contribution in [0, 0.1) is 5.92 Å². The third-order valence-corrected chi connectivity index (χ3v) is 2.78. The monoisotopic (exact) mass is 250 g/mol. The van der Waals surface area contributed by atoms with Gasteiger partial charge in [0.25, 0.3) is 0 Å². The number of carbonyl (C=O) groups excluding carboxylic acids is 1. The molecule has 1 aliphatic heterocycles. The summed E-state index contributed by atoms with van der Waals surface area (Å²) in [6.45, 7) is 6.91. The third-order valence-electron chi connectivity index (χ3n) is 2.78. The van der Waals surface area contributed by atoms with E-state index in [9.17, 15) is 4.79 Å². The van der Waals surface area contributed by atoms with Crippen LogP contribution in [-0.2, 0) is 9.53 Å². The van der Waals surface area contributed by atoms with Gasteiger partial charge in [-0.2, -0.15) is 0 Å². The second-order valence-corrected chi connectivity index (χ2v) is 4.24. The van der Waals surface area contributed by atoms with Gasteiger partial charge < -0.3 is 15.4 Å². The molecular formula is C11H23ClN2O2. The van der Waals surface area contributed by atoms with E-state index in [4.69, 9.17) is 10.5 Å². The van der Waals surface area contributed by atoms with Crippen LogP contribution in [-0.4, -0.2) is 43.2 Å². The Morgan fingerprint density at radius 3 is 2.88 bits per heavy atom. The van der Waals surface area contributed by atoms with Gasteiger partial charge >= 0.3 is 0 Å². The molecule has 2 atom stereocenters. The van der Waals surface area contributed by atoms with Crippen molar-refractivity contribution < 1.29 is 9.53 Å². The van der Waals surface area contributed by atoms with Crippen LogP contribution in [0.15, 0.2) is 0 Å². The van der Waals surface area contributed by atoms with Gasteiger partial charge in [0.15, 0.2) is 0 Å². The number of piperidine rings is 1. The van der Waals surface area contributed by atoms with Gasteiger partial charge in [0.05, 0.1) is 12.6 Å². The molecule has 0 aromatic heterocycles. The minimum absolute atomic E-state index is 0. The van der Waals surface area contributed by atoms with Gasteiger partial charge in [-0.15, -0.1) is 12.4 Å². The topological polar surface area (TPSA) is 55.6 Å². The first-order valence-electron chi connectivity index (χ1n) is 5.77. The summed E-state index contributed by atoms with van der Waals surface area (Å²) in [7, 11) is 0. The van der Waals surface area contributed by atoms with Gasteiger partial charge in [0.1, 0.15) is 0 Å². The lowest BCUT2D eigenvalue weighted by atomic mass is 9.98. The van der Waals surface area contributed by atoms with Crippen molar-refractivity contribution in [2.75, 3.05) is 26.3 Å². The molecule has 0 aromatic rings. The van der Waals surface area contributed by atoms with Crippen LogP contribution >= 0.6 is 12.4 Å². The Bertz CT molecular complexity index is 212. The maximum absolute atomic E-state index is 11.7. The minimum Gasteiger partial charge on any atom is -0.381 e. The van der Waals surface area contributed by atoms with E-state index in [0.717, 1.165) is 39.1 Å². The molecule has 0 saturated carbocycles. The van der Waals surface area contributed by atoms with Gasteiger partial charge in [-0.1, -0.05) is 0 Å². The van der Waals surface area contributed by atoms with E-state index < -0.39 is 0 Å². The number of hydrogen-bond acceptors (Lipinski definition) is 3. The maximum atomic E-state index is 11.7. The zero-order valence-corrected chi connectivity index (χ0v) is 11.0. The molecule has 1 heterocycles. The molecule has 2 N–H and O–H groups in total. The Kier molecular flexibility index (Phi) is 7.72. The zero-order valence-electron chi connectivity index (χ0n) is 10.1. The van der Waals surface area contributed by atoms with E-state index in [0.29, 0.717) is 5.92 Å². The van der Waals surface area contributed by atoms with Gasteiger partial charge in [-0.3, -0.25) is 4.79 Å². The molecule has 0 aliphatic carbocycles. The van der Waals surface area contributed by atoms with Gasteiger partial charge in [0.2, 0.25) is 5.91 Å². The van der Waals surface area contributed by atoms with Crippen molar-refractivity contribution >= 4 is 18.3 Å². The quantitative estimate of drug-likeness (QED) is 0.811. The Labute approximate surface area is 104 Å². The number of amides is 1. The largest absolute Gasteiger partial charge is 0.381 e. The zero-order chi connectivity index (χ0) is 11.3. The molecule has 0 radical (unpaired) electrons. The van der Waals surface area contributed by atoms with E-state index in [1.54, 1.807) is 6.92 Å². The van der Waals surface area contributed by atoms with Crippen molar-refractivity contribution in [3.63, 3.8) is 0 Å². The predicted octanol–water partition coefficient (Wildman–Crippen LogP) is 1.03. The van der Waals surface area contributed by atoms with Crippen molar-refractivity contribution in [2.24, 2.45) is 11.7 Å².